The van der Waals surface area contributed by atoms with Crippen LogP contribution in [0.4, 0.5) is 4.39 Å². The summed E-state index contributed by atoms with van der Waals surface area (Å²) in [4.78, 5) is 31.2. The number of rotatable bonds is 5. The third kappa shape index (κ3) is 4.83. The van der Waals surface area contributed by atoms with Crippen molar-refractivity contribution in [2.45, 2.75) is 37.9 Å². The van der Waals surface area contributed by atoms with Gasteiger partial charge in [0.15, 0.2) is 0 Å². The standard InChI is InChI=1S/C22H26FN5O2/c23-18-3-1-15(2-4-18)14-25-21(29)17-7-11-28(12-8-17)22(30)20-13-19(26-27-20)16-5-9-24-10-6-16/h1-6,9-10,17,19-20,26-27H,7-8,11-14H2,(H,25,29). The molecule has 2 aromatic rings. The molecule has 2 amide bonds. The highest BCUT2D eigenvalue weighted by Gasteiger charge is 2.35. The van der Waals surface area contributed by atoms with E-state index in [1.54, 1.807) is 24.5 Å². The van der Waals surface area contributed by atoms with Gasteiger partial charge in [-0.1, -0.05) is 12.1 Å². The van der Waals surface area contributed by atoms with Crippen LogP contribution in [0, 0.1) is 11.7 Å². The van der Waals surface area contributed by atoms with Gasteiger partial charge < -0.3 is 10.2 Å². The first-order chi connectivity index (χ1) is 14.6. The lowest BCUT2D eigenvalue weighted by Gasteiger charge is -2.32. The maximum absolute atomic E-state index is 13.0. The summed E-state index contributed by atoms with van der Waals surface area (Å²) in [6, 6.07) is 9.80. The van der Waals surface area contributed by atoms with Gasteiger partial charge in [-0.25, -0.2) is 15.2 Å². The summed E-state index contributed by atoms with van der Waals surface area (Å²) in [5.74, 6) is -0.330. The number of nitrogens with one attached hydrogen (secondary N) is 3. The minimum atomic E-state index is -0.291. The zero-order chi connectivity index (χ0) is 20.9. The lowest BCUT2D eigenvalue weighted by atomic mass is 9.94. The summed E-state index contributed by atoms with van der Waals surface area (Å²) in [5.41, 5.74) is 8.27. The van der Waals surface area contributed by atoms with Crippen molar-refractivity contribution >= 4 is 11.8 Å². The van der Waals surface area contributed by atoms with Crippen LogP contribution in [0.25, 0.3) is 0 Å². The highest BCUT2D eigenvalue weighted by molar-refractivity contribution is 5.83. The molecule has 0 aliphatic carbocycles. The van der Waals surface area contributed by atoms with Gasteiger partial charge in [0.2, 0.25) is 11.8 Å². The van der Waals surface area contributed by atoms with Gasteiger partial charge in [-0.15, -0.1) is 0 Å². The van der Waals surface area contributed by atoms with Crippen LogP contribution >= 0.6 is 0 Å². The molecule has 2 fully saturated rings. The van der Waals surface area contributed by atoms with Crippen LogP contribution < -0.4 is 16.2 Å². The van der Waals surface area contributed by atoms with Crippen LogP contribution in [0.15, 0.2) is 48.8 Å². The van der Waals surface area contributed by atoms with Gasteiger partial charge in [-0.3, -0.25) is 14.6 Å². The summed E-state index contributed by atoms with van der Waals surface area (Å²) < 4.78 is 13.0. The Hall–Kier alpha value is -2.84. The normalized spacial score (nSPS) is 22.1. The minimum absolute atomic E-state index is 0.00941. The maximum Gasteiger partial charge on any atom is 0.241 e. The molecule has 0 radical (unpaired) electrons. The van der Waals surface area contributed by atoms with E-state index in [2.05, 4.69) is 21.2 Å². The van der Waals surface area contributed by atoms with Crippen molar-refractivity contribution in [3.63, 3.8) is 0 Å². The lowest BCUT2D eigenvalue weighted by molar-refractivity contribution is -0.137. The van der Waals surface area contributed by atoms with E-state index in [1.807, 2.05) is 17.0 Å². The second-order valence-electron chi connectivity index (χ2n) is 7.85. The molecule has 2 aliphatic rings. The number of hydrogen-bond donors (Lipinski definition) is 3. The SMILES string of the molecule is O=C(NCc1ccc(F)cc1)C1CCN(C(=O)C2CC(c3ccncc3)NN2)CC1. The molecule has 2 aliphatic heterocycles. The first-order valence-electron chi connectivity index (χ1n) is 10.3. The summed E-state index contributed by atoms with van der Waals surface area (Å²) >= 11 is 0. The molecule has 3 N–H and O–H groups in total. The van der Waals surface area contributed by atoms with E-state index in [9.17, 15) is 14.0 Å². The molecule has 3 heterocycles. The largest absolute Gasteiger partial charge is 0.352 e. The molecule has 2 atom stereocenters. The zero-order valence-corrected chi connectivity index (χ0v) is 16.7. The van der Waals surface area contributed by atoms with E-state index in [0.717, 1.165) is 11.1 Å². The molecule has 1 aromatic carbocycles. The number of carbonyl (C=O) groups excluding carboxylic acids is 2. The average Bonchev–Trinajstić information content (AvgIpc) is 3.29. The highest BCUT2D eigenvalue weighted by Crippen LogP contribution is 2.24. The second-order valence-corrected chi connectivity index (χ2v) is 7.85. The Labute approximate surface area is 175 Å². The van der Waals surface area contributed by atoms with E-state index in [1.165, 1.54) is 12.1 Å². The first-order valence-corrected chi connectivity index (χ1v) is 10.3. The number of piperidine rings is 1. The van der Waals surface area contributed by atoms with Gasteiger partial charge in [0, 0.05) is 44.0 Å². The summed E-state index contributed by atoms with van der Waals surface area (Å²) in [6.07, 6.45) is 5.47. The van der Waals surface area contributed by atoms with Gasteiger partial charge in [-0.2, -0.15) is 0 Å². The second kappa shape index (κ2) is 9.32. The molecule has 8 heteroatoms. The topological polar surface area (TPSA) is 86.4 Å². The molecular formula is C22H26FN5O2. The van der Waals surface area contributed by atoms with E-state index >= 15 is 0 Å². The summed E-state index contributed by atoms with van der Waals surface area (Å²) in [5, 5.41) is 2.92. The van der Waals surface area contributed by atoms with Gasteiger partial charge in [0.25, 0.3) is 0 Å². The third-order valence-corrected chi connectivity index (χ3v) is 5.87. The van der Waals surface area contributed by atoms with E-state index < -0.39 is 0 Å². The Kier molecular flexibility index (Phi) is 6.35. The highest BCUT2D eigenvalue weighted by atomic mass is 19.1. The predicted molar refractivity (Wildman–Crippen MR) is 109 cm³/mol. The quantitative estimate of drug-likeness (QED) is 0.697. The molecule has 7 nitrogen and oxygen atoms in total. The van der Waals surface area contributed by atoms with Crippen molar-refractivity contribution < 1.29 is 14.0 Å². The average molecular weight is 411 g/mol. The van der Waals surface area contributed by atoms with Crippen LogP contribution in [-0.2, 0) is 16.1 Å². The maximum atomic E-state index is 13.0. The number of hydrazine groups is 1. The van der Waals surface area contributed by atoms with Gasteiger partial charge in [-0.05, 0) is 54.7 Å². The minimum Gasteiger partial charge on any atom is -0.352 e. The first kappa shape index (κ1) is 20.4. The van der Waals surface area contributed by atoms with Crippen molar-refractivity contribution in [2.75, 3.05) is 13.1 Å². The predicted octanol–water partition coefficient (Wildman–Crippen LogP) is 1.68. The third-order valence-electron chi connectivity index (χ3n) is 5.87. The monoisotopic (exact) mass is 411 g/mol. The van der Waals surface area contributed by atoms with Crippen molar-refractivity contribution in [3.05, 3.63) is 65.7 Å². The molecule has 2 saturated heterocycles. The number of aromatic nitrogens is 1. The van der Waals surface area contributed by atoms with E-state index in [0.29, 0.717) is 38.9 Å². The number of benzene rings is 1. The Morgan fingerprint density at radius 3 is 2.47 bits per heavy atom. The number of halogens is 1. The molecule has 0 bridgehead atoms. The summed E-state index contributed by atoms with van der Waals surface area (Å²) in [6.45, 7) is 1.53. The molecule has 0 saturated carbocycles. The van der Waals surface area contributed by atoms with Crippen molar-refractivity contribution in [3.8, 4) is 0 Å². The van der Waals surface area contributed by atoms with Gasteiger partial charge in [0.05, 0.1) is 0 Å². The van der Waals surface area contributed by atoms with Crippen molar-refractivity contribution in [2.24, 2.45) is 5.92 Å². The number of hydrogen-bond acceptors (Lipinski definition) is 5. The van der Waals surface area contributed by atoms with Crippen LogP contribution in [0.5, 0.6) is 0 Å². The molecule has 30 heavy (non-hydrogen) atoms. The Bertz CT molecular complexity index is 869. The molecule has 0 spiro atoms. The van der Waals surface area contributed by atoms with E-state index in [4.69, 9.17) is 0 Å². The van der Waals surface area contributed by atoms with Gasteiger partial charge in [0.1, 0.15) is 11.9 Å². The smallest absolute Gasteiger partial charge is 0.241 e. The van der Waals surface area contributed by atoms with Gasteiger partial charge >= 0.3 is 0 Å². The summed E-state index contributed by atoms with van der Waals surface area (Å²) in [7, 11) is 0. The Morgan fingerprint density at radius 2 is 1.77 bits per heavy atom. The van der Waals surface area contributed by atoms with Crippen LogP contribution in [-0.4, -0.2) is 40.8 Å². The number of pyridine rings is 1. The van der Waals surface area contributed by atoms with Crippen molar-refractivity contribution in [1.29, 1.82) is 0 Å². The van der Waals surface area contributed by atoms with Crippen LogP contribution in [0.2, 0.25) is 0 Å². The Morgan fingerprint density at radius 1 is 1.07 bits per heavy atom. The fraction of sp³-hybridized carbons (Fsp3) is 0.409. The Balaban J connectivity index is 1.22. The molecule has 2 unspecified atom stereocenters. The van der Waals surface area contributed by atoms with Crippen LogP contribution in [0.3, 0.4) is 0 Å². The number of nitrogens with zero attached hydrogens (tertiary/aromatic N) is 2. The lowest BCUT2D eigenvalue weighted by Crippen LogP contribution is -2.49. The molecular weight excluding hydrogens is 385 g/mol. The number of likely N-dealkylation sites (tertiary alicyclic amines) is 1. The zero-order valence-electron chi connectivity index (χ0n) is 16.7. The van der Waals surface area contributed by atoms with E-state index in [-0.39, 0.29) is 35.6 Å². The van der Waals surface area contributed by atoms with Crippen molar-refractivity contribution in [1.82, 2.24) is 26.1 Å². The molecule has 1 aromatic heterocycles. The van der Waals surface area contributed by atoms with Crippen LogP contribution in [0.1, 0.15) is 36.4 Å². The number of amides is 2. The molecule has 4 rings (SSSR count). The number of carbonyl (C=O) groups is 2. The molecule has 158 valence electrons. The fourth-order valence-corrected chi connectivity index (χ4v) is 4.05. The fourth-order valence-electron chi connectivity index (χ4n) is 4.05.